The van der Waals surface area contributed by atoms with Crippen LogP contribution in [-0.4, -0.2) is 5.66 Å². The molecule has 3 aromatic rings. The van der Waals surface area contributed by atoms with Gasteiger partial charge in [-0.05, 0) is 59.2 Å². The summed E-state index contributed by atoms with van der Waals surface area (Å²) in [5.41, 5.74) is 3.23. The van der Waals surface area contributed by atoms with Gasteiger partial charge in [-0.1, -0.05) is 109 Å². The Morgan fingerprint density at radius 2 is 1.50 bits per heavy atom. The van der Waals surface area contributed by atoms with E-state index in [-0.39, 0.29) is 0 Å². The highest BCUT2D eigenvalue weighted by molar-refractivity contribution is 7.55. The molecule has 2 heteroatoms. The first-order valence-corrected chi connectivity index (χ1v) is 11.8. The van der Waals surface area contributed by atoms with E-state index in [1.165, 1.54) is 38.9 Å². The molecular weight excluding hydrogens is 374 g/mol. The summed E-state index contributed by atoms with van der Waals surface area (Å²) in [6.45, 7) is 4.52. The monoisotopic (exact) mass is 399 g/mol. The lowest BCUT2D eigenvalue weighted by Gasteiger charge is -2.26. The van der Waals surface area contributed by atoms with E-state index >= 15 is 0 Å². The molecule has 0 amide bonds. The summed E-state index contributed by atoms with van der Waals surface area (Å²) in [6, 6.07) is 28.6. The Labute approximate surface area is 173 Å². The van der Waals surface area contributed by atoms with Crippen molar-refractivity contribution in [2.75, 3.05) is 0 Å². The zero-order valence-corrected chi connectivity index (χ0v) is 18.3. The summed E-state index contributed by atoms with van der Waals surface area (Å²) in [6.07, 6.45) is 6.81. The molecule has 3 atom stereocenters. The minimum Gasteiger partial charge on any atom is -0.0869 e. The second-order valence-corrected chi connectivity index (χ2v) is 10.3. The summed E-state index contributed by atoms with van der Waals surface area (Å²) in [4.78, 5) is 0. The summed E-state index contributed by atoms with van der Waals surface area (Å²) < 4.78 is 0. The van der Waals surface area contributed by atoms with Crippen molar-refractivity contribution in [2.24, 2.45) is 0 Å². The van der Waals surface area contributed by atoms with Gasteiger partial charge in [0.05, 0.1) is 0 Å². The number of benzene rings is 3. The fourth-order valence-electron chi connectivity index (χ4n) is 3.62. The normalized spacial score (nSPS) is 17.2. The molecule has 3 aromatic carbocycles. The fourth-order valence-corrected chi connectivity index (χ4v) is 6.24. The van der Waals surface area contributed by atoms with Crippen molar-refractivity contribution in [1.82, 2.24) is 0 Å². The quantitative estimate of drug-likeness (QED) is 0.504. The van der Waals surface area contributed by atoms with E-state index in [4.69, 9.17) is 0 Å². The lowest BCUT2D eigenvalue weighted by Crippen LogP contribution is -2.21. The molecule has 139 valence electrons. The molecule has 1 aliphatic carbocycles. The van der Waals surface area contributed by atoms with E-state index in [2.05, 4.69) is 112 Å². The fraction of sp³-hybridized carbons (Fsp3) is 0.115. The second kappa shape index (κ2) is 9.35. The van der Waals surface area contributed by atoms with E-state index in [1.54, 1.807) is 0 Å². The molecule has 0 aromatic heterocycles. The molecule has 1 aliphatic rings. The minimum absolute atomic E-state index is 0.516. The van der Waals surface area contributed by atoms with Crippen molar-refractivity contribution in [3.8, 4) is 0 Å². The molecule has 1 fully saturated rings. The van der Waals surface area contributed by atoms with E-state index in [9.17, 15) is 0 Å². The predicted molar refractivity (Wildman–Crippen MR) is 128 cm³/mol. The third-order valence-corrected chi connectivity index (χ3v) is 7.70. The average molecular weight is 399 g/mol. The highest BCUT2D eigenvalue weighted by Gasteiger charge is 2.35. The van der Waals surface area contributed by atoms with Crippen LogP contribution in [0, 0.1) is 38.0 Å². The Balaban J connectivity index is 1.56. The van der Waals surface area contributed by atoms with Gasteiger partial charge in [0, 0.05) is 5.92 Å². The van der Waals surface area contributed by atoms with Gasteiger partial charge in [0.1, 0.15) is 0 Å². The summed E-state index contributed by atoms with van der Waals surface area (Å²) >= 11 is 0. The van der Waals surface area contributed by atoms with Crippen molar-refractivity contribution in [3.05, 3.63) is 121 Å². The molecule has 0 bridgehead atoms. The maximum Gasteiger partial charge on any atom is 0.0170 e. The summed E-state index contributed by atoms with van der Waals surface area (Å²) in [5, 5.41) is 4.26. The Morgan fingerprint density at radius 3 is 2.32 bits per heavy atom. The van der Waals surface area contributed by atoms with Crippen LogP contribution in [0.5, 0.6) is 0 Å². The molecule has 0 nitrogen and oxygen atoms in total. The number of aryl methyl sites for hydroxylation is 1. The zero-order valence-electron chi connectivity index (χ0n) is 16.3. The highest BCUT2D eigenvalue weighted by Crippen LogP contribution is 2.45. The van der Waals surface area contributed by atoms with Crippen LogP contribution in [0.3, 0.4) is 0 Å². The van der Waals surface area contributed by atoms with E-state index in [0.717, 1.165) is 8.58 Å². The van der Waals surface area contributed by atoms with Gasteiger partial charge in [0.25, 0.3) is 0 Å². The molecule has 0 aliphatic heterocycles. The molecule has 5 radical (unpaired) electrons. The van der Waals surface area contributed by atoms with Crippen LogP contribution in [0.1, 0.15) is 18.1 Å². The van der Waals surface area contributed by atoms with Crippen LogP contribution in [0.15, 0.2) is 78.9 Å². The molecule has 2 unspecified atom stereocenters. The van der Waals surface area contributed by atoms with Crippen LogP contribution in [0.4, 0.5) is 0 Å². The largest absolute Gasteiger partial charge is 0.0869 e. The van der Waals surface area contributed by atoms with Gasteiger partial charge in [-0.15, -0.1) is 0 Å². The average Bonchev–Trinajstić information content (AvgIpc) is 3.19. The molecule has 0 heterocycles. The maximum absolute atomic E-state index is 2.36. The molecular formula is C26H25P2. The molecule has 4 rings (SSSR count). The van der Waals surface area contributed by atoms with E-state index in [1.807, 2.05) is 0 Å². The number of hydrogen-bond donors (Lipinski definition) is 0. The third-order valence-electron chi connectivity index (χ3n) is 4.99. The highest BCUT2D eigenvalue weighted by atomic mass is 31.1. The topological polar surface area (TPSA) is 0 Å². The Bertz CT molecular complexity index is 903. The zero-order chi connectivity index (χ0) is 19.3. The molecule has 0 N–H and O–H groups in total. The van der Waals surface area contributed by atoms with Crippen molar-refractivity contribution < 1.29 is 0 Å². The van der Waals surface area contributed by atoms with Crippen molar-refractivity contribution >= 4 is 33.1 Å². The SMILES string of the molecule is Cc1cccc(Pc2ccccc2[C]2[CH][CH][CH][C]2[C@H](C)Pc2ccccc2)c1. The van der Waals surface area contributed by atoms with E-state index in [0.29, 0.717) is 14.2 Å². The van der Waals surface area contributed by atoms with Gasteiger partial charge in [0.2, 0.25) is 0 Å². The summed E-state index contributed by atoms with van der Waals surface area (Å²) in [5.74, 6) is 2.86. The lowest BCUT2D eigenvalue weighted by molar-refractivity contribution is 0.968. The first kappa shape index (κ1) is 19.8. The second-order valence-electron chi connectivity index (χ2n) is 7.17. The number of hydrogen-bond acceptors (Lipinski definition) is 0. The van der Waals surface area contributed by atoms with Crippen LogP contribution in [0.25, 0.3) is 0 Å². The molecule has 28 heavy (non-hydrogen) atoms. The van der Waals surface area contributed by atoms with Gasteiger partial charge in [0.15, 0.2) is 0 Å². The van der Waals surface area contributed by atoms with Gasteiger partial charge < -0.3 is 0 Å². The number of rotatable bonds is 6. The maximum atomic E-state index is 2.36. The van der Waals surface area contributed by atoms with Crippen molar-refractivity contribution in [1.29, 1.82) is 0 Å². The van der Waals surface area contributed by atoms with Crippen molar-refractivity contribution in [3.63, 3.8) is 0 Å². The molecule has 0 saturated heterocycles. The van der Waals surface area contributed by atoms with Crippen LogP contribution < -0.4 is 15.9 Å². The standard InChI is InChI=1S/C26H25P2/c1-19-10-8-13-22(18-19)28-26-17-7-6-14-25(26)24-16-9-15-23(24)20(2)27-21-11-4-3-5-12-21/h3-18,20,27-28H,1-2H3/t20-/m0/s1. The van der Waals surface area contributed by atoms with Gasteiger partial charge in [-0.3, -0.25) is 0 Å². The molecule has 1 saturated carbocycles. The van der Waals surface area contributed by atoms with Gasteiger partial charge in [-0.2, -0.15) is 0 Å². The lowest BCUT2D eigenvalue weighted by atomic mass is 9.87. The first-order chi connectivity index (χ1) is 13.7. The first-order valence-electron chi connectivity index (χ1n) is 9.71. The van der Waals surface area contributed by atoms with Gasteiger partial charge in [-0.25, -0.2) is 0 Å². The third kappa shape index (κ3) is 4.74. The minimum atomic E-state index is 0.516. The Kier molecular flexibility index (Phi) is 6.61. The van der Waals surface area contributed by atoms with Crippen molar-refractivity contribution in [2.45, 2.75) is 19.5 Å². The van der Waals surface area contributed by atoms with Crippen LogP contribution in [-0.2, 0) is 0 Å². The Hall–Kier alpha value is -1.48. The smallest absolute Gasteiger partial charge is 0.0170 e. The van der Waals surface area contributed by atoms with Gasteiger partial charge >= 0.3 is 0 Å². The van der Waals surface area contributed by atoms with Crippen LogP contribution in [0.2, 0.25) is 0 Å². The predicted octanol–water partition coefficient (Wildman–Crippen LogP) is 5.14. The summed E-state index contributed by atoms with van der Waals surface area (Å²) in [7, 11) is 1.46. The molecule has 0 spiro atoms. The Morgan fingerprint density at radius 1 is 0.750 bits per heavy atom. The van der Waals surface area contributed by atoms with E-state index < -0.39 is 0 Å². The van der Waals surface area contributed by atoms with Crippen LogP contribution >= 0.6 is 17.2 Å².